The molecule has 0 bridgehead atoms. The number of aryl methyl sites for hydroxylation is 1. The third kappa shape index (κ3) is 2.87. The molecule has 0 aromatic carbocycles. The molecule has 2 aromatic rings. The van der Waals surface area contributed by atoms with Crippen molar-refractivity contribution >= 4 is 11.3 Å². The first-order valence-corrected chi connectivity index (χ1v) is 6.57. The molecule has 0 fully saturated rings. The molecule has 0 amide bonds. The summed E-state index contributed by atoms with van der Waals surface area (Å²) in [4.78, 5) is 14.4. The standard InChI is InChI=1S/C12H16N4S/c1-3-5-9-10(8-13-2)17-12(16-9)11-14-6-4-7-15-11/h4,6-7,13H,3,5,8H2,1-2H3. The molecule has 0 unspecified atom stereocenters. The first kappa shape index (κ1) is 12.1. The highest BCUT2D eigenvalue weighted by molar-refractivity contribution is 7.15. The van der Waals surface area contributed by atoms with E-state index in [2.05, 4.69) is 27.2 Å². The molecule has 0 radical (unpaired) electrons. The zero-order valence-corrected chi connectivity index (χ0v) is 10.9. The Hall–Kier alpha value is -1.33. The van der Waals surface area contributed by atoms with E-state index in [1.54, 1.807) is 23.7 Å². The summed E-state index contributed by atoms with van der Waals surface area (Å²) in [5.41, 5.74) is 1.18. The van der Waals surface area contributed by atoms with Crippen LogP contribution in [0.4, 0.5) is 0 Å². The highest BCUT2D eigenvalue weighted by Gasteiger charge is 2.12. The van der Waals surface area contributed by atoms with Gasteiger partial charge >= 0.3 is 0 Å². The van der Waals surface area contributed by atoms with Crippen LogP contribution >= 0.6 is 11.3 Å². The van der Waals surface area contributed by atoms with Gasteiger partial charge in [0, 0.05) is 23.8 Å². The van der Waals surface area contributed by atoms with E-state index in [1.165, 1.54) is 10.6 Å². The Morgan fingerprint density at radius 1 is 1.29 bits per heavy atom. The predicted octanol–water partition coefficient (Wildman–Crippen LogP) is 2.27. The number of hydrogen-bond acceptors (Lipinski definition) is 5. The Balaban J connectivity index is 2.33. The van der Waals surface area contributed by atoms with Crippen LogP contribution in [0.25, 0.3) is 10.8 Å². The van der Waals surface area contributed by atoms with Gasteiger partial charge in [0.15, 0.2) is 10.8 Å². The lowest BCUT2D eigenvalue weighted by molar-refractivity contribution is 0.798. The normalized spacial score (nSPS) is 10.7. The summed E-state index contributed by atoms with van der Waals surface area (Å²) < 4.78 is 0. The predicted molar refractivity (Wildman–Crippen MR) is 69.9 cm³/mol. The van der Waals surface area contributed by atoms with Crippen LogP contribution in [0.1, 0.15) is 23.9 Å². The van der Waals surface area contributed by atoms with E-state index >= 15 is 0 Å². The SMILES string of the molecule is CCCc1nc(-c2ncccn2)sc1CNC. The van der Waals surface area contributed by atoms with Crippen LogP contribution in [0.5, 0.6) is 0 Å². The first-order chi connectivity index (χ1) is 8.35. The quantitative estimate of drug-likeness (QED) is 0.882. The zero-order valence-electron chi connectivity index (χ0n) is 10.1. The Labute approximate surface area is 105 Å². The highest BCUT2D eigenvalue weighted by atomic mass is 32.1. The summed E-state index contributed by atoms with van der Waals surface area (Å²) in [6.45, 7) is 3.03. The van der Waals surface area contributed by atoms with Crippen molar-refractivity contribution in [2.45, 2.75) is 26.3 Å². The van der Waals surface area contributed by atoms with Crippen molar-refractivity contribution in [3.63, 3.8) is 0 Å². The molecule has 0 aliphatic rings. The maximum Gasteiger partial charge on any atom is 0.188 e. The van der Waals surface area contributed by atoms with E-state index in [0.717, 1.165) is 30.2 Å². The number of hydrogen-bond donors (Lipinski definition) is 1. The average Bonchev–Trinajstić information content (AvgIpc) is 2.75. The van der Waals surface area contributed by atoms with Crippen molar-refractivity contribution in [3.8, 4) is 10.8 Å². The van der Waals surface area contributed by atoms with Crippen LogP contribution in [0.15, 0.2) is 18.5 Å². The smallest absolute Gasteiger partial charge is 0.188 e. The third-order valence-electron chi connectivity index (χ3n) is 2.36. The van der Waals surface area contributed by atoms with Crippen molar-refractivity contribution in [3.05, 3.63) is 29.0 Å². The Bertz CT molecular complexity index is 443. The van der Waals surface area contributed by atoms with Gasteiger partial charge in [0.1, 0.15) is 0 Å². The van der Waals surface area contributed by atoms with Crippen molar-refractivity contribution in [2.24, 2.45) is 0 Å². The van der Waals surface area contributed by atoms with Crippen molar-refractivity contribution in [2.75, 3.05) is 7.05 Å². The lowest BCUT2D eigenvalue weighted by Crippen LogP contribution is -2.05. The molecule has 2 heterocycles. The molecule has 1 N–H and O–H groups in total. The number of rotatable bonds is 5. The average molecular weight is 248 g/mol. The maximum atomic E-state index is 4.64. The summed E-state index contributed by atoms with van der Waals surface area (Å²) in [6.07, 6.45) is 5.62. The van der Waals surface area contributed by atoms with Gasteiger partial charge in [-0.15, -0.1) is 11.3 Å². The summed E-state index contributed by atoms with van der Waals surface area (Å²) in [6, 6.07) is 1.82. The van der Waals surface area contributed by atoms with Gasteiger partial charge in [0.25, 0.3) is 0 Å². The minimum atomic E-state index is 0.720. The number of thiazole rings is 1. The molecule has 5 heteroatoms. The topological polar surface area (TPSA) is 50.7 Å². The van der Waals surface area contributed by atoms with Crippen LogP contribution in [0.3, 0.4) is 0 Å². The fraction of sp³-hybridized carbons (Fsp3) is 0.417. The summed E-state index contributed by atoms with van der Waals surface area (Å²) in [5.74, 6) is 0.720. The van der Waals surface area contributed by atoms with E-state index in [1.807, 2.05) is 13.1 Å². The van der Waals surface area contributed by atoms with E-state index in [-0.39, 0.29) is 0 Å². The van der Waals surface area contributed by atoms with Crippen molar-refractivity contribution in [1.29, 1.82) is 0 Å². The molecule has 0 aliphatic heterocycles. The van der Waals surface area contributed by atoms with Crippen LogP contribution in [0, 0.1) is 0 Å². The number of nitrogens with one attached hydrogen (secondary N) is 1. The largest absolute Gasteiger partial charge is 0.315 e. The molecular formula is C12H16N4S. The van der Waals surface area contributed by atoms with Crippen molar-refractivity contribution in [1.82, 2.24) is 20.3 Å². The zero-order chi connectivity index (χ0) is 12.1. The van der Waals surface area contributed by atoms with E-state index in [9.17, 15) is 0 Å². The Morgan fingerprint density at radius 2 is 2.06 bits per heavy atom. The van der Waals surface area contributed by atoms with E-state index < -0.39 is 0 Å². The molecule has 0 saturated heterocycles. The first-order valence-electron chi connectivity index (χ1n) is 5.75. The molecule has 0 spiro atoms. The van der Waals surface area contributed by atoms with Crippen molar-refractivity contribution < 1.29 is 0 Å². The molecule has 2 aromatic heterocycles. The van der Waals surface area contributed by atoms with Gasteiger partial charge in [-0.3, -0.25) is 0 Å². The Kier molecular flexibility index (Phi) is 4.17. The number of nitrogens with zero attached hydrogens (tertiary/aromatic N) is 3. The summed E-state index contributed by atoms with van der Waals surface area (Å²) in [5, 5.41) is 4.09. The van der Waals surface area contributed by atoms with Crippen LogP contribution < -0.4 is 5.32 Å². The minimum Gasteiger partial charge on any atom is -0.315 e. The molecule has 0 saturated carbocycles. The van der Waals surface area contributed by atoms with Crippen LogP contribution in [-0.4, -0.2) is 22.0 Å². The lowest BCUT2D eigenvalue weighted by atomic mass is 10.2. The third-order valence-corrected chi connectivity index (χ3v) is 3.45. The minimum absolute atomic E-state index is 0.720. The van der Waals surface area contributed by atoms with Gasteiger partial charge in [0.05, 0.1) is 5.69 Å². The molecule has 0 aliphatic carbocycles. The maximum absolute atomic E-state index is 4.64. The molecule has 0 atom stereocenters. The Morgan fingerprint density at radius 3 is 2.71 bits per heavy atom. The second-order valence-corrected chi connectivity index (χ2v) is 4.83. The molecule has 4 nitrogen and oxygen atoms in total. The summed E-state index contributed by atoms with van der Waals surface area (Å²) >= 11 is 1.68. The van der Waals surface area contributed by atoms with Gasteiger partial charge in [0.2, 0.25) is 0 Å². The molecule has 90 valence electrons. The second kappa shape index (κ2) is 5.84. The van der Waals surface area contributed by atoms with Crippen LogP contribution in [0.2, 0.25) is 0 Å². The molecule has 17 heavy (non-hydrogen) atoms. The monoisotopic (exact) mass is 248 g/mol. The van der Waals surface area contributed by atoms with Crippen LogP contribution in [-0.2, 0) is 13.0 Å². The second-order valence-electron chi connectivity index (χ2n) is 3.74. The number of aromatic nitrogens is 3. The fourth-order valence-electron chi connectivity index (χ4n) is 1.62. The molecular weight excluding hydrogens is 232 g/mol. The highest BCUT2D eigenvalue weighted by Crippen LogP contribution is 2.26. The van der Waals surface area contributed by atoms with E-state index in [0.29, 0.717) is 0 Å². The van der Waals surface area contributed by atoms with Gasteiger partial charge in [-0.1, -0.05) is 13.3 Å². The fourth-order valence-corrected chi connectivity index (χ4v) is 2.69. The van der Waals surface area contributed by atoms with E-state index in [4.69, 9.17) is 0 Å². The van der Waals surface area contributed by atoms with Gasteiger partial charge in [-0.2, -0.15) is 0 Å². The lowest BCUT2D eigenvalue weighted by Gasteiger charge is -1.98. The van der Waals surface area contributed by atoms with Gasteiger partial charge in [-0.25, -0.2) is 15.0 Å². The van der Waals surface area contributed by atoms with Gasteiger partial charge < -0.3 is 5.32 Å². The molecule has 2 rings (SSSR count). The van der Waals surface area contributed by atoms with Gasteiger partial charge in [-0.05, 0) is 19.5 Å². The summed E-state index contributed by atoms with van der Waals surface area (Å²) in [7, 11) is 1.95.